The van der Waals surface area contributed by atoms with Crippen LogP contribution in [0.25, 0.3) is 0 Å². The van der Waals surface area contributed by atoms with Gasteiger partial charge in [0, 0.05) is 13.2 Å². The van der Waals surface area contributed by atoms with Gasteiger partial charge in [0.25, 0.3) is 0 Å². The fourth-order valence-corrected chi connectivity index (χ4v) is 3.82. The van der Waals surface area contributed by atoms with Crippen molar-refractivity contribution in [3.63, 3.8) is 0 Å². The van der Waals surface area contributed by atoms with Gasteiger partial charge in [0.15, 0.2) is 0 Å². The van der Waals surface area contributed by atoms with Gasteiger partial charge in [0.2, 0.25) is 5.91 Å². The van der Waals surface area contributed by atoms with Crippen LogP contribution >= 0.6 is 0 Å². The van der Waals surface area contributed by atoms with Crippen LogP contribution in [0.3, 0.4) is 0 Å². The number of hydrogen-bond acceptors (Lipinski definition) is 2. The van der Waals surface area contributed by atoms with Crippen LogP contribution in [0.1, 0.15) is 47.0 Å². The summed E-state index contributed by atoms with van der Waals surface area (Å²) in [5.41, 5.74) is 0.599. The van der Waals surface area contributed by atoms with Gasteiger partial charge in [-0.25, -0.2) is 0 Å². The van der Waals surface area contributed by atoms with E-state index in [9.17, 15) is 4.79 Å². The summed E-state index contributed by atoms with van der Waals surface area (Å²) in [5, 5.41) is 3.19. The number of rotatable bonds is 3. The Morgan fingerprint density at radius 1 is 1.41 bits per heavy atom. The zero-order chi connectivity index (χ0) is 12.8. The quantitative estimate of drug-likeness (QED) is 0.821. The largest absolute Gasteiger partial charge is 0.372 e. The van der Waals surface area contributed by atoms with Crippen molar-refractivity contribution in [1.82, 2.24) is 5.32 Å². The van der Waals surface area contributed by atoms with Crippen LogP contribution in [0.15, 0.2) is 0 Å². The summed E-state index contributed by atoms with van der Waals surface area (Å²) in [6, 6.07) is 0.321. The minimum Gasteiger partial charge on any atom is -0.372 e. The molecule has 0 aromatic rings. The highest BCUT2D eigenvalue weighted by Crippen LogP contribution is 2.65. The fraction of sp³-hybridized carbons (Fsp3) is 0.929. The third-order valence-electron chi connectivity index (χ3n) is 5.83. The average molecular weight is 239 g/mol. The Morgan fingerprint density at radius 2 is 2.06 bits per heavy atom. The van der Waals surface area contributed by atoms with Gasteiger partial charge in [0.1, 0.15) is 6.10 Å². The second-order valence-corrected chi connectivity index (χ2v) is 6.55. The molecule has 0 radical (unpaired) electrons. The molecule has 0 saturated heterocycles. The molecule has 3 nitrogen and oxygen atoms in total. The Morgan fingerprint density at radius 3 is 2.47 bits per heavy atom. The zero-order valence-corrected chi connectivity index (χ0v) is 11.7. The molecule has 2 fully saturated rings. The molecule has 3 heteroatoms. The minimum atomic E-state index is -0.346. The molecule has 0 aromatic heterocycles. The highest BCUT2D eigenvalue weighted by Gasteiger charge is 2.61. The van der Waals surface area contributed by atoms with Crippen molar-refractivity contribution in [3.05, 3.63) is 0 Å². The minimum absolute atomic E-state index is 0.0297. The lowest BCUT2D eigenvalue weighted by Gasteiger charge is -2.39. The highest BCUT2D eigenvalue weighted by molar-refractivity contribution is 5.80. The monoisotopic (exact) mass is 239 g/mol. The first-order chi connectivity index (χ1) is 7.83. The maximum absolute atomic E-state index is 11.9. The second-order valence-electron chi connectivity index (χ2n) is 6.55. The number of carbonyl (C=O) groups is 1. The van der Waals surface area contributed by atoms with Gasteiger partial charge in [-0.3, -0.25) is 4.79 Å². The van der Waals surface area contributed by atoms with Gasteiger partial charge < -0.3 is 10.1 Å². The molecule has 1 amide bonds. The fourth-order valence-electron chi connectivity index (χ4n) is 3.82. The van der Waals surface area contributed by atoms with Crippen LogP contribution in [0.4, 0.5) is 0 Å². The Kier molecular flexibility index (Phi) is 3.01. The smallest absolute Gasteiger partial charge is 0.249 e. The van der Waals surface area contributed by atoms with E-state index in [1.165, 1.54) is 12.8 Å². The maximum Gasteiger partial charge on any atom is 0.249 e. The van der Waals surface area contributed by atoms with Crippen molar-refractivity contribution in [2.24, 2.45) is 16.7 Å². The molecular weight excluding hydrogens is 214 g/mol. The van der Waals surface area contributed by atoms with E-state index < -0.39 is 0 Å². The van der Waals surface area contributed by atoms with E-state index in [1.54, 1.807) is 14.0 Å². The molecule has 0 unspecified atom stereocenters. The molecule has 17 heavy (non-hydrogen) atoms. The molecule has 1 N–H and O–H groups in total. The lowest BCUT2D eigenvalue weighted by atomic mass is 9.69. The molecule has 2 rings (SSSR count). The summed E-state index contributed by atoms with van der Waals surface area (Å²) < 4.78 is 5.08. The van der Waals surface area contributed by atoms with Gasteiger partial charge in [-0.15, -0.1) is 0 Å². The number of nitrogens with one attached hydrogen (secondary N) is 1. The van der Waals surface area contributed by atoms with Crippen LogP contribution in [0.2, 0.25) is 0 Å². The zero-order valence-electron chi connectivity index (χ0n) is 11.7. The molecule has 2 bridgehead atoms. The Hall–Kier alpha value is -0.570. The average Bonchev–Trinajstić information content (AvgIpc) is 2.60. The van der Waals surface area contributed by atoms with Crippen molar-refractivity contribution in [2.45, 2.75) is 59.1 Å². The third kappa shape index (κ3) is 1.70. The van der Waals surface area contributed by atoms with Crippen molar-refractivity contribution in [3.8, 4) is 0 Å². The first kappa shape index (κ1) is 12.9. The molecular formula is C14H25NO2. The predicted molar refractivity (Wildman–Crippen MR) is 67.6 cm³/mol. The topological polar surface area (TPSA) is 38.3 Å². The normalized spacial score (nSPS) is 40.3. The van der Waals surface area contributed by atoms with E-state index >= 15 is 0 Å². The Labute approximate surface area is 104 Å². The van der Waals surface area contributed by atoms with Crippen LogP contribution < -0.4 is 5.32 Å². The van der Waals surface area contributed by atoms with Gasteiger partial charge in [0.05, 0.1) is 0 Å². The molecule has 2 saturated carbocycles. The van der Waals surface area contributed by atoms with E-state index in [0.717, 1.165) is 12.3 Å². The van der Waals surface area contributed by atoms with Crippen molar-refractivity contribution < 1.29 is 9.53 Å². The maximum atomic E-state index is 11.9. The summed E-state index contributed by atoms with van der Waals surface area (Å²) in [6.07, 6.45) is 3.33. The second kappa shape index (κ2) is 3.98. The lowest BCUT2D eigenvalue weighted by Crippen LogP contribution is -2.49. The third-order valence-corrected chi connectivity index (χ3v) is 5.83. The van der Waals surface area contributed by atoms with Crippen molar-refractivity contribution in [2.75, 3.05) is 7.11 Å². The Balaban J connectivity index is 2.08. The Bertz CT molecular complexity index is 326. The molecule has 4 atom stereocenters. The number of fused-ring (bicyclic) bond motifs is 2. The molecule has 2 aliphatic carbocycles. The van der Waals surface area contributed by atoms with Crippen LogP contribution in [0.5, 0.6) is 0 Å². The first-order valence-electron chi connectivity index (χ1n) is 6.66. The van der Waals surface area contributed by atoms with Gasteiger partial charge in [-0.1, -0.05) is 20.8 Å². The number of hydrogen-bond donors (Lipinski definition) is 1. The molecule has 0 heterocycles. The van der Waals surface area contributed by atoms with Crippen LogP contribution in [0, 0.1) is 16.7 Å². The number of methoxy groups -OCH3 is 1. The van der Waals surface area contributed by atoms with E-state index in [0.29, 0.717) is 11.5 Å². The van der Waals surface area contributed by atoms with Gasteiger partial charge in [-0.05, 0) is 42.9 Å². The molecule has 2 aliphatic rings. The summed E-state index contributed by atoms with van der Waals surface area (Å²) >= 11 is 0. The van der Waals surface area contributed by atoms with Gasteiger partial charge in [-0.2, -0.15) is 0 Å². The summed E-state index contributed by atoms with van der Waals surface area (Å²) in [7, 11) is 1.58. The standard InChI is InChI=1S/C14H25NO2/c1-9(17-5)12(16)15-11-8-10-6-7-14(11,4)13(10,2)3/h9-11H,6-8H2,1-5H3,(H,15,16)/t9-,10-,11-,14-/m1/s1. The molecule has 0 spiro atoms. The van der Waals surface area contributed by atoms with Crippen LogP contribution in [-0.4, -0.2) is 25.2 Å². The number of ether oxygens (including phenoxy) is 1. The lowest BCUT2D eigenvalue weighted by molar-refractivity contribution is -0.131. The molecule has 0 aliphatic heterocycles. The van der Waals surface area contributed by atoms with Crippen LogP contribution in [-0.2, 0) is 9.53 Å². The number of amides is 1. The number of carbonyl (C=O) groups excluding carboxylic acids is 1. The SMILES string of the molecule is CO[C@H](C)C(=O)N[C@@H]1C[C@H]2CC[C@@]1(C)C2(C)C. The molecule has 98 valence electrons. The summed E-state index contributed by atoms with van der Waals surface area (Å²) in [4.78, 5) is 11.9. The van der Waals surface area contributed by atoms with E-state index in [2.05, 4.69) is 26.1 Å². The first-order valence-corrected chi connectivity index (χ1v) is 6.66. The highest BCUT2D eigenvalue weighted by atomic mass is 16.5. The van der Waals surface area contributed by atoms with E-state index in [4.69, 9.17) is 4.74 Å². The van der Waals surface area contributed by atoms with Crippen molar-refractivity contribution >= 4 is 5.91 Å². The molecule has 0 aromatic carbocycles. The van der Waals surface area contributed by atoms with Crippen molar-refractivity contribution in [1.29, 1.82) is 0 Å². The summed E-state index contributed by atoms with van der Waals surface area (Å²) in [5.74, 6) is 0.790. The van der Waals surface area contributed by atoms with E-state index in [1.807, 2.05) is 0 Å². The summed E-state index contributed by atoms with van der Waals surface area (Å²) in [6.45, 7) is 8.85. The van der Waals surface area contributed by atoms with E-state index in [-0.39, 0.29) is 17.4 Å². The predicted octanol–water partition coefficient (Wildman–Crippen LogP) is 2.35. The van der Waals surface area contributed by atoms with Gasteiger partial charge >= 0.3 is 0 Å².